The molecule has 0 radical (unpaired) electrons. The number of nitrogens with one attached hydrogen (secondary N) is 1. The molecule has 0 aliphatic carbocycles. The average Bonchev–Trinajstić information content (AvgIpc) is 3.09. The van der Waals surface area contributed by atoms with Gasteiger partial charge in [-0.05, 0) is 62.7 Å². The Morgan fingerprint density at radius 1 is 1.10 bits per heavy atom. The minimum absolute atomic E-state index is 0.0752. The van der Waals surface area contributed by atoms with Gasteiger partial charge in [0.2, 0.25) is 0 Å². The standard InChI is InChI=1S/C22H24N2O4S/c1-4-5-12-27-21(26)16-8-11-18-19(13-16)29-22(23-18)24-20(25)15-6-9-17(10-7-15)28-14(2)3/h6-11,13-14H,4-5,12H2,1-3H3,(H,23,24,25). The molecule has 152 valence electrons. The van der Waals surface area contributed by atoms with Crippen molar-refractivity contribution in [1.82, 2.24) is 4.98 Å². The number of unbranched alkanes of at least 4 members (excludes halogenated alkanes) is 1. The Bertz CT molecular complexity index is 996. The van der Waals surface area contributed by atoms with Gasteiger partial charge >= 0.3 is 5.97 Å². The maximum Gasteiger partial charge on any atom is 0.338 e. The van der Waals surface area contributed by atoms with E-state index < -0.39 is 0 Å². The maximum atomic E-state index is 12.5. The summed E-state index contributed by atoms with van der Waals surface area (Å²) in [6.07, 6.45) is 1.89. The number of carbonyl (C=O) groups is 2. The largest absolute Gasteiger partial charge is 0.491 e. The summed E-state index contributed by atoms with van der Waals surface area (Å²) in [5.41, 5.74) is 1.72. The normalized spacial score (nSPS) is 10.9. The molecule has 1 amide bonds. The molecule has 7 heteroatoms. The van der Waals surface area contributed by atoms with Gasteiger partial charge in [0.1, 0.15) is 5.75 Å². The number of aromatic nitrogens is 1. The number of hydrogen-bond donors (Lipinski definition) is 1. The summed E-state index contributed by atoms with van der Waals surface area (Å²) < 4.78 is 11.6. The molecule has 0 fully saturated rings. The summed E-state index contributed by atoms with van der Waals surface area (Å²) in [4.78, 5) is 29.0. The van der Waals surface area contributed by atoms with Gasteiger partial charge in [-0.15, -0.1) is 0 Å². The molecule has 3 aromatic rings. The van der Waals surface area contributed by atoms with E-state index in [0.29, 0.717) is 22.9 Å². The van der Waals surface area contributed by atoms with Gasteiger partial charge in [-0.25, -0.2) is 9.78 Å². The van der Waals surface area contributed by atoms with E-state index >= 15 is 0 Å². The maximum absolute atomic E-state index is 12.5. The monoisotopic (exact) mass is 412 g/mol. The first-order valence-electron chi connectivity index (χ1n) is 9.62. The van der Waals surface area contributed by atoms with Crippen LogP contribution in [0.1, 0.15) is 54.3 Å². The molecule has 1 heterocycles. The number of nitrogens with zero attached hydrogens (tertiary/aromatic N) is 1. The Kier molecular flexibility index (Phi) is 6.82. The lowest BCUT2D eigenvalue weighted by atomic mass is 10.2. The van der Waals surface area contributed by atoms with E-state index in [-0.39, 0.29) is 18.0 Å². The van der Waals surface area contributed by atoms with Gasteiger partial charge < -0.3 is 9.47 Å². The lowest BCUT2D eigenvalue weighted by Gasteiger charge is -2.09. The molecule has 0 unspecified atom stereocenters. The van der Waals surface area contributed by atoms with E-state index in [1.807, 2.05) is 20.8 Å². The summed E-state index contributed by atoms with van der Waals surface area (Å²) in [6, 6.07) is 12.2. The van der Waals surface area contributed by atoms with Gasteiger partial charge in [-0.3, -0.25) is 10.1 Å². The average molecular weight is 413 g/mol. The van der Waals surface area contributed by atoms with Crippen LogP contribution in [0.2, 0.25) is 0 Å². The Labute approximate surface area is 173 Å². The lowest BCUT2D eigenvalue weighted by molar-refractivity contribution is 0.0500. The third-order valence-electron chi connectivity index (χ3n) is 4.06. The first kappa shape index (κ1) is 20.8. The van der Waals surface area contributed by atoms with Crippen LogP contribution in [0.4, 0.5) is 5.13 Å². The number of thiazole rings is 1. The fraction of sp³-hybridized carbons (Fsp3) is 0.318. The highest BCUT2D eigenvalue weighted by atomic mass is 32.1. The number of amides is 1. The Morgan fingerprint density at radius 2 is 1.83 bits per heavy atom. The molecule has 0 spiro atoms. The molecule has 6 nitrogen and oxygen atoms in total. The molecule has 1 N–H and O–H groups in total. The molecular weight excluding hydrogens is 388 g/mol. The second-order valence-electron chi connectivity index (χ2n) is 6.84. The van der Waals surface area contributed by atoms with Crippen molar-refractivity contribution in [3.8, 4) is 5.75 Å². The van der Waals surface area contributed by atoms with Crippen LogP contribution in [0, 0.1) is 0 Å². The van der Waals surface area contributed by atoms with Crippen LogP contribution in [0.5, 0.6) is 5.75 Å². The first-order valence-corrected chi connectivity index (χ1v) is 10.4. The van der Waals surface area contributed by atoms with E-state index in [1.54, 1.807) is 42.5 Å². The van der Waals surface area contributed by atoms with Crippen molar-refractivity contribution >= 4 is 38.6 Å². The molecule has 29 heavy (non-hydrogen) atoms. The van der Waals surface area contributed by atoms with Crippen LogP contribution >= 0.6 is 11.3 Å². The van der Waals surface area contributed by atoms with E-state index in [2.05, 4.69) is 10.3 Å². The van der Waals surface area contributed by atoms with Crippen LogP contribution in [0.25, 0.3) is 10.2 Å². The van der Waals surface area contributed by atoms with Crippen molar-refractivity contribution in [1.29, 1.82) is 0 Å². The Morgan fingerprint density at radius 3 is 2.52 bits per heavy atom. The zero-order chi connectivity index (χ0) is 20.8. The summed E-state index contributed by atoms with van der Waals surface area (Å²) in [5, 5.41) is 3.29. The summed E-state index contributed by atoms with van der Waals surface area (Å²) in [7, 11) is 0. The SMILES string of the molecule is CCCCOC(=O)c1ccc2nc(NC(=O)c3ccc(OC(C)C)cc3)sc2c1. The highest BCUT2D eigenvalue weighted by Gasteiger charge is 2.13. The third-order valence-corrected chi connectivity index (χ3v) is 5.00. The molecule has 0 saturated carbocycles. The van der Waals surface area contributed by atoms with Crippen LogP contribution in [0.15, 0.2) is 42.5 Å². The Hall–Kier alpha value is -2.93. The summed E-state index contributed by atoms with van der Waals surface area (Å²) in [6.45, 7) is 6.35. The number of ether oxygens (including phenoxy) is 2. The predicted molar refractivity (Wildman–Crippen MR) is 115 cm³/mol. The van der Waals surface area contributed by atoms with Crippen LogP contribution in [0.3, 0.4) is 0 Å². The second-order valence-corrected chi connectivity index (χ2v) is 7.87. The molecule has 0 atom stereocenters. The number of anilines is 1. The topological polar surface area (TPSA) is 77.5 Å². The molecule has 2 aromatic carbocycles. The third kappa shape index (κ3) is 5.54. The molecule has 0 aliphatic heterocycles. The van der Waals surface area contributed by atoms with Crippen molar-refractivity contribution in [2.24, 2.45) is 0 Å². The van der Waals surface area contributed by atoms with Crippen LogP contribution in [-0.2, 0) is 4.74 Å². The van der Waals surface area contributed by atoms with E-state index in [4.69, 9.17) is 9.47 Å². The molecule has 0 saturated heterocycles. The number of hydrogen-bond acceptors (Lipinski definition) is 6. The number of esters is 1. The zero-order valence-corrected chi connectivity index (χ0v) is 17.5. The molecular formula is C22H24N2O4S. The minimum Gasteiger partial charge on any atom is -0.491 e. The first-order chi connectivity index (χ1) is 14.0. The summed E-state index contributed by atoms with van der Waals surface area (Å²) >= 11 is 1.32. The van der Waals surface area contributed by atoms with E-state index in [1.165, 1.54) is 11.3 Å². The zero-order valence-electron chi connectivity index (χ0n) is 16.7. The summed E-state index contributed by atoms with van der Waals surface area (Å²) in [5.74, 6) is 0.122. The van der Waals surface area contributed by atoms with Gasteiger partial charge in [0, 0.05) is 5.56 Å². The van der Waals surface area contributed by atoms with Crippen LogP contribution < -0.4 is 10.1 Å². The highest BCUT2D eigenvalue weighted by Crippen LogP contribution is 2.27. The van der Waals surface area contributed by atoms with Gasteiger partial charge in [0.05, 0.1) is 28.5 Å². The van der Waals surface area contributed by atoms with Crippen molar-refractivity contribution in [3.05, 3.63) is 53.6 Å². The fourth-order valence-corrected chi connectivity index (χ4v) is 3.52. The predicted octanol–water partition coefficient (Wildman–Crippen LogP) is 5.29. The molecule has 0 aliphatic rings. The quantitative estimate of drug-likeness (QED) is 0.402. The highest BCUT2D eigenvalue weighted by molar-refractivity contribution is 7.22. The number of fused-ring (bicyclic) bond motifs is 1. The number of benzene rings is 2. The van der Waals surface area contributed by atoms with Crippen molar-refractivity contribution < 1.29 is 19.1 Å². The second kappa shape index (κ2) is 9.52. The van der Waals surface area contributed by atoms with E-state index in [0.717, 1.165) is 28.8 Å². The van der Waals surface area contributed by atoms with Gasteiger partial charge in [0.25, 0.3) is 5.91 Å². The number of carbonyl (C=O) groups excluding carboxylic acids is 2. The fourth-order valence-electron chi connectivity index (χ4n) is 2.62. The molecule has 0 bridgehead atoms. The van der Waals surface area contributed by atoms with Crippen LogP contribution in [-0.4, -0.2) is 29.6 Å². The van der Waals surface area contributed by atoms with Crippen molar-refractivity contribution in [2.75, 3.05) is 11.9 Å². The van der Waals surface area contributed by atoms with Crippen molar-refractivity contribution in [2.45, 2.75) is 39.7 Å². The molecule has 1 aromatic heterocycles. The molecule has 3 rings (SSSR count). The van der Waals surface area contributed by atoms with Gasteiger partial charge in [0.15, 0.2) is 5.13 Å². The minimum atomic E-state index is -0.344. The van der Waals surface area contributed by atoms with Gasteiger partial charge in [-0.1, -0.05) is 24.7 Å². The smallest absolute Gasteiger partial charge is 0.338 e. The van der Waals surface area contributed by atoms with Crippen molar-refractivity contribution in [3.63, 3.8) is 0 Å². The Balaban J connectivity index is 1.68. The lowest BCUT2D eigenvalue weighted by Crippen LogP contribution is -2.11. The van der Waals surface area contributed by atoms with E-state index in [9.17, 15) is 9.59 Å². The number of rotatable bonds is 8. The van der Waals surface area contributed by atoms with Gasteiger partial charge in [-0.2, -0.15) is 0 Å².